The third-order valence-corrected chi connectivity index (χ3v) is 4.47. The lowest BCUT2D eigenvalue weighted by Crippen LogP contribution is -2.45. The maximum absolute atomic E-state index is 13.0. The fraction of sp³-hybridized carbons (Fsp3) is 0.500. The molecule has 0 aliphatic carbocycles. The van der Waals surface area contributed by atoms with Crippen LogP contribution in [-0.4, -0.2) is 41.4 Å². The molecule has 0 saturated carbocycles. The van der Waals surface area contributed by atoms with E-state index in [1.807, 2.05) is 0 Å². The first-order valence-electron chi connectivity index (χ1n) is 5.73. The smallest absolute Gasteiger partial charge is 0.240 e. The lowest BCUT2D eigenvalue weighted by Gasteiger charge is -2.27. The molecule has 1 atom stereocenters. The third kappa shape index (κ3) is 4.39. The number of benzene rings is 1. The molecule has 0 aromatic heterocycles. The molecule has 0 saturated heterocycles. The van der Waals surface area contributed by atoms with E-state index in [1.54, 1.807) is 6.92 Å². The van der Waals surface area contributed by atoms with Crippen molar-refractivity contribution in [3.05, 3.63) is 29.0 Å². The number of rotatable bonds is 7. The van der Waals surface area contributed by atoms with Crippen LogP contribution in [0.15, 0.2) is 23.1 Å². The molecule has 0 bridgehead atoms. The highest BCUT2D eigenvalue weighted by Gasteiger charge is 2.27. The van der Waals surface area contributed by atoms with Gasteiger partial charge < -0.3 is 9.47 Å². The van der Waals surface area contributed by atoms with Gasteiger partial charge >= 0.3 is 0 Å². The number of halogens is 2. The average molecular weight is 326 g/mol. The highest BCUT2D eigenvalue weighted by Crippen LogP contribution is 2.19. The van der Waals surface area contributed by atoms with E-state index in [0.29, 0.717) is 0 Å². The minimum Gasteiger partial charge on any atom is -0.382 e. The molecule has 0 heterocycles. The molecular weight excluding hydrogens is 309 g/mol. The van der Waals surface area contributed by atoms with Crippen LogP contribution in [0.2, 0.25) is 5.02 Å². The van der Waals surface area contributed by atoms with Gasteiger partial charge in [-0.25, -0.2) is 17.5 Å². The fourth-order valence-corrected chi connectivity index (χ4v) is 2.89. The van der Waals surface area contributed by atoms with Crippen molar-refractivity contribution < 1.29 is 22.3 Å². The molecule has 0 amide bonds. The molecule has 1 rings (SSSR count). The molecule has 1 aromatic carbocycles. The third-order valence-electron chi connectivity index (χ3n) is 2.78. The van der Waals surface area contributed by atoms with E-state index in [4.69, 9.17) is 21.1 Å². The Balaban J connectivity index is 2.87. The summed E-state index contributed by atoms with van der Waals surface area (Å²) in [5.74, 6) is -0.674. The second-order valence-corrected chi connectivity index (χ2v) is 6.66. The predicted molar refractivity (Wildman–Crippen MR) is 73.9 cm³/mol. The number of methoxy groups -OCH3 is 2. The molecule has 0 aliphatic rings. The molecule has 20 heavy (non-hydrogen) atoms. The molecule has 8 heteroatoms. The largest absolute Gasteiger partial charge is 0.382 e. The van der Waals surface area contributed by atoms with Gasteiger partial charge in [0.15, 0.2) is 0 Å². The molecular formula is C12H17ClFNO4S. The van der Waals surface area contributed by atoms with Gasteiger partial charge in [0.25, 0.3) is 0 Å². The Morgan fingerprint density at radius 3 is 2.55 bits per heavy atom. The first-order chi connectivity index (χ1) is 9.24. The van der Waals surface area contributed by atoms with Crippen LogP contribution in [0, 0.1) is 5.82 Å². The molecule has 0 radical (unpaired) electrons. The van der Waals surface area contributed by atoms with Crippen LogP contribution in [0.4, 0.5) is 4.39 Å². The summed E-state index contributed by atoms with van der Waals surface area (Å²) in [5.41, 5.74) is -0.800. The SMILES string of the molecule is COC[C@@](C)(CNS(=O)(=O)c1ccc(F)c(Cl)c1)OC. The first kappa shape index (κ1) is 17.3. The van der Waals surface area contributed by atoms with Crippen molar-refractivity contribution in [2.75, 3.05) is 27.4 Å². The van der Waals surface area contributed by atoms with E-state index in [1.165, 1.54) is 14.2 Å². The molecule has 0 unspecified atom stereocenters. The van der Waals surface area contributed by atoms with Crippen LogP contribution in [0.5, 0.6) is 0 Å². The predicted octanol–water partition coefficient (Wildman–Crippen LogP) is 1.81. The summed E-state index contributed by atoms with van der Waals surface area (Å²) in [4.78, 5) is -0.111. The van der Waals surface area contributed by atoms with Crippen LogP contribution in [-0.2, 0) is 19.5 Å². The zero-order valence-electron chi connectivity index (χ0n) is 11.4. The summed E-state index contributed by atoms with van der Waals surface area (Å²) < 4.78 is 49.8. The fourth-order valence-electron chi connectivity index (χ4n) is 1.46. The molecule has 0 aliphatic heterocycles. The maximum Gasteiger partial charge on any atom is 0.240 e. The summed E-state index contributed by atoms with van der Waals surface area (Å²) in [5, 5.41) is -0.251. The Bertz CT molecular complexity index is 567. The molecule has 1 aromatic rings. The van der Waals surface area contributed by atoms with Crippen molar-refractivity contribution >= 4 is 21.6 Å². The normalized spacial score (nSPS) is 15.1. The van der Waals surface area contributed by atoms with E-state index >= 15 is 0 Å². The van der Waals surface area contributed by atoms with E-state index < -0.39 is 21.4 Å². The quantitative estimate of drug-likeness (QED) is 0.830. The Morgan fingerprint density at radius 2 is 2.05 bits per heavy atom. The van der Waals surface area contributed by atoms with Gasteiger partial charge in [0.2, 0.25) is 10.0 Å². The molecule has 5 nitrogen and oxygen atoms in total. The molecule has 114 valence electrons. The van der Waals surface area contributed by atoms with Gasteiger partial charge in [-0.05, 0) is 25.1 Å². The van der Waals surface area contributed by atoms with Gasteiger partial charge in [0, 0.05) is 20.8 Å². The van der Waals surface area contributed by atoms with Gasteiger partial charge in [-0.2, -0.15) is 0 Å². The molecule has 0 fully saturated rings. The average Bonchev–Trinajstić information content (AvgIpc) is 2.40. The molecule has 0 spiro atoms. The van der Waals surface area contributed by atoms with Crippen LogP contribution < -0.4 is 4.72 Å². The summed E-state index contributed by atoms with van der Waals surface area (Å²) in [6, 6.07) is 3.20. The second-order valence-electron chi connectivity index (χ2n) is 4.49. The Morgan fingerprint density at radius 1 is 1.40 bits per heavy atom. The van der Waals surface area contributed by atoms with E-state index in [9.17, 15) is 12.8 Å². The molecule has 1 N–H and O–H groups in total. The Hall–Kier alpha value is -0.730. The summed E-state index contributed by atoms with van der Waals surface area (Å²) in [7, 11) is -0.846. The van der Waals surface area contributed by atoms with Crippen molar-refractivity contribution in [2.45, 2.75) is 17.4 Å². The van der Waals surface area contributed by atoms with E-state index in [-0.39, 0.29) is 23.1 Å². The van der Waals surface area contributed by atoms with Crippen LogP contribution >= 0.6 is 11.6 Å². The van der Waals surface area contributed by atoms with Crippen molar-refractivity contribution in [2.24, 2.45) is 0 Å². The summed E-state index contributed by atoms with van der Waals surface area (Å²) in [6.45, 7) is 1.93. The maximum atomic E-state index is 13.0. The summed E-state index contributed by atoms with van der Waals surface area (Å²) in [6.07, 6.45) is 0. The topological polar surface area (TPSA) is 64.6 Å². The minimum atomic E-state index is -3.80. The van der Waals surface area contributed by atoms with E-state index in [0.717, 1.165) is 18.2 Å². The highest BCUT2D eigenvalue weighted by atomic mass is 35.5. The van der Waals surface area contributed by atoms with Gasteiger partial charge in [0.05, 0.1) is 16.5 Å². The van der Waals surface area contributed by atoms with Gasteiger partial charge in [-0.3, -0.25) is 0 Å². The van der Waals surface area contributed by atoms with Gasteiger partial charge in [0.1, 0.15) is 11.4 Å². The lowest BCUT2D eigenvalue weighted by molar-refractivity contribution is -0.0460. The van der Waals surface area contributed by atoms with E-state index in [2.05, 4.69) is 4.72 Å². The van der Waals surface area contributed by atoms with Gasteiger partial charge in [-0.15, -0.1) is 0 Å². The Kier molecular flexibility index (Phi) is 5.91. The van der Waals surface area contributed by atoms with Crippen LogP contribution in [0.25, 0.3) is 0 Å². The van der Waals surface area contributed by atoms with Crippen LogP contribution in [0.3, 0.4) is 0 Å². The van der Waals surface area contributed by atoms with Crippen molar-refractivity contribution in [1.29, 1.82) is 0 Å². The lowest BCUT2D eigenvalue weighted by atomic mass is 10.1. The van der Waals surface area contributed by atoms with Crippen molar-refractivity contribution in [3.63, 3.8) is 0 Å². The highest BCUT2D eigenvalue weighted by molar-refractivity contribution is 7.89. The second kappa shape index (κ2) is 6.82. The summed E-state index contributed by atoms with van der Waals surface area (Å²) >= 11 is 5.58. The van der Waals surface area contributed by atoms with Crippen molar-refractivity contribution in [3.8, 4) is 0 Å². The number of hydrogen-bond donors (Lipinski definition) is 1. The first-order valence-corrected chi connectivity index (χ1v) is 7.59. The standard InChI is InChI=1S/C12H17ClFNO4S/c1-12(19-3,8-18-2)7-15-20(16,17)9-4-5-11(14)10(13)6-9/h4-6,15H,7-8H2,1-3H3/t12-/m1/s1. The van der Waals surface area contributed by atoms with Crippen LogP contribution in [0.1, 0.15) is 6.92 Å². The number of ether oxygens (including phenoxy) is 2. The van der Waals surface area contributed by atoms with Crippen molar-refractivity contribution in [1.82, 2.24) is 4.72 Å². The zero-order valence-corrected chi connectivity index (χ0v) is 13.0. The monoisotopic (exact) mass is 325 g/mol. The number of hydrogen-bond acceptors (Lipinski definition) is 4. The minimum absolute atomic E-state index is 0.00860. The van der Waals surface area contributed by atoms with Gasteiger partial charge in [-0.1, -0.05) is 11.6 Å². The zero-order chi connectivity index (χ0) is 15.4. The number of sulfonamides is 1. The Labute approximate surface area is 123 Å². The number of nitrogens with one attached hydrogen (secondary N) is 1.